The van der Waals surface area contributed by atoms with Crippen LogP contribution in [0.4, 0.5) is 10.5 Å². The second-order valence-corrected chi connectivity index (χ2v) is 6.01. The maximum absolute atomic E-state index is 12.1. The molecule has 1 heterocycles. The van der Waals surface area contributed by atoms with E-state index in [9.17, 15) is 14.4 Å². The number of esters is 1. The van der Waals surface area contributed by atoms with Gasteiger partial charge in [-0.3, -0.25) is 10.1 Å². The second-order valence-electron chi connectivity index (χ2n) is 6.01. The summed E-state index contributed by atoms with van der Waals surface area (Å²) in [6.07, 6.45) is 0. The number of urea groups is 1. The summed E-state index contributed by atoms with van der Waals surface area (Å²) in [6, 6.07) is 8.49. The lowest BCUT2D eigenvalue weighted by Crippen LogP contribution is -2.37. The lowest BCUT2D eigenvalue weighted by Gasteiger charge is -2.19. The summed E-state index contributed by atoms with van der Waals surface area (Å²) in [5.41, 5.74) is 0.577. The van der Waals surface area contributed by atoms with Crippen LogP contribution in [-0.4, -0.2) is 51.9 Å². The van der Waals surface area contributed by atoms with Gasteiger partial charge in [-0.05, 0) is 30.3 Å². The molecule has 158 valence electrons. The lowest BCUT2D eigenvalue weighted by molar-refractivity contribution is -0.123. The third-order valence-corrected chi connectivity index (χ3v) is 4.01. The number of hydrogen-bond donors (Lipinski definition) is 2. The van der Waals surface area contributed by atoms with Crippen LogP contribution >= 0.6 is 0 Å². The Labute approximate surface area is 172 Å². The Morgan fingerprint density at radius 3 is 2.40 bits per heavy atom. The van der Waals surface area contributed by atoms with E-state index in [-0.39, 0.29) is 5.56 Å². The summed E-state index contributed by atoms with van der Waals surface area (Å²) in [4.78, 5) is 36.0. The Hall–Kier alpha value is -3.95. The van der Waals surface area contributed by atoms with Crippen LogP contribution in [0.2, 0.25) is 0 Å². The van der Waals surface area contributed by atoms with Crippen molar-refractivity contribution in [2.75, 3.05) is 39.4 Å². The highest BCUT2D eigenvalue weighted by atomic mass is 16.6. The van der Waals surface area contributed by atoms with Gasteiger partial charge in [0.15, 0.2) is 29.6 Å². The van der Waals surface area contributed by atoms with Gasteiger partial charge >= 0.3 is 12.0 Å². The Morgan fingerprint density at radius 2 is 1.67 bits per heavy atom. The number of benzene rings is 2. The number of hydrogen-bond acceptors (Lipinski definition) is 8. The van der Waals surface area contributed by atoms with Crippen molar-refractivity contribution in [1.82, 2.24) is 5.32 Å². The van der Waals surface area contributed by atoms with E-state index in [2.05, 4.69) is 10.6 Å². The summed E-state index contributed by atoms with van der Waals surface area (Å²) in [7, 11) is 2.90. The molecule has 2 N–H and O–H groups in total. The monoisotopic (exact) mass is 416 g/mol. The molecule has 0 spiro atoms. The molecule has 1 aliphatic rings. The van der Waals surface area contributed by atoms with E-state index in [1.54, 1.807) is 18.2 Å². The average Bonchev–Trinajstić information content (AvgIpc) is 2.76. The first-order valence-electron chi connectivity index (χ1n) is 8.90. The maximum atomic E-state index is 12.1. The fourth-order valence-corrected chi connectivity index (χ4v) is 2.62. The number of fused-ring (bicyclic) bond motifs is 1. The molecule has 30 heavy (non-hydrogen) atoms. The van der Waals surface area contributed by atoms with Crippen molar-refractivity contribution in [3.63, 3.8) is 0 Å². The van der Waals surface area contributed by atoms with Crippen LogP contribution in [0.5, 0.6) is 23.0 Å². The van der Waals surface area contributed by atoms with Crippen molar-refractivity contribution in [3.05, 3.63) is 42.0 Å². The smallest absolute Gasteiger partial charge is 0.338 e. The van der Waals surface area contributed by atoms with Crippen molar-refractivity contribution >= 4 is 23.6 Å². The zero-order chi connectivity index (χ0) is 21.5. The first-order chi connectivity index (χ1) is 14.5. The summed E-state index contributed by atoms with van der Waals surface area (Å²) in [6.45, 7) is 0.227. The predicted molar refractivity (Wildman–Crippen MR) is 104 cm³/mol. The Bertz CT molecular complexity index is 960. The Morgan fingerprint density at radius 1 is 0.933 bits per heavy atom. The molecule has 0 aliphatic carbocycles. The molecule has 3 amide bonds. The van der Waals surface area contributed by atoms with Crippen molar-refractivity contribution in [1.29, 1.82) is 0 Å². The maximum Gasteiger partial charge on any atom is 0.338 e. The number of amides is 3. The molecule has 2 aromatic rings. The van der Waals surface area contributed by atoms with Gasteiger partial charge in [0.1, 0.15) is 13.2 Å². The largest absolute Gasteiger partial charge is 0.493 e. The third-order valence-electron chi connectivity index (χ3n) is 4.01. The van der Waals surface area contributed by atoms with Crippen LogP contribution in [0.15, 0.2) is 36.4 Å². The average molecular weight is 416 g/mol. The molecular weight excluding hydrogens is 396 g/mol. The summed E-state index contributed by atoms with van der Waals surface area (Å²) in [5, 5.41) is 4.57. The van der Waals surface area contributed by atoms with E-state index in [4.69, 9.17) is 23.7 Å². The number of nitrogens with one attached hydrogen (secondary N) is 2. The molecule has 0 saturated heterocycles. The molecule has 0 fully saturated rings. The summed E-state index contributed by atoms with van der Waals surface area (Å²) in [5.74, 6) is 0.314. The van der Waals surface area contributed by atoms with Crippen LogP contribution in [0.1, 0.15) is 10.4 Å². The normalized spacial score (nSPS) is 11.8. The second kappa shape index (κ2) is 9.50. The number of imide groups is 1. The van der Waals surface area contributed by atoms with Gasteiger partial charge in [0.2, 0.25) is 0 Å². The highest BCUT2D eigenvalue weighted by molar-refractivity contribution is 6.02. The fourth-order valence-electron chi connectivity index (χ4n) is 2.62. The van der Waals surface area contributed by atoms with Crippen molar-refractivity contribution in [3.8, 4) is 23.0 Å². The number of ether oxygens (including phenoxy) is 5. The highest BCUT2D eigenvalue weighted by Crippen LogP contribution is 2.32. The van der Waals surface area contributed by atoms with E-state index in [1.165, 1.54) is 32.4 Å². The molecule has 10 heteroatoms. The molecule has 10 nitrogen and oxygen atoms in total. The first-order valence-corrected chi connectivity index (χ1v) is 8.90. The van der Waals surface area contributed by atoms with E-state index in [1.807, 2.05) is 0 Å². The van der Waals surface area contributed by atoms with Gasteiger partial charge in [0, 0.05) is 11.8 Å². The molecule has 0 radical (unpaired) electrons. The molecule has 0 aromatic heterocycles. The standard InChI is InChI=1S/C20H20N2O8/c1-26-14-5-3-12(9-16(14)27-2)19(24)30-11-18(23)22-20(25)21-13-4-6-15-17(10-13)29-8-7-28-15/h3-6,9-10H,7-8,11H2,1-2H3,(H2,21,22,23,25). The van der Waals surface area contributed by atoms with Crippen LogP contribution in [0, 0.1) is 0 Å². The van der Waals surface area contributed by atoms with Crippen LogP contribution in [-0.2, 0) is 9.53 Å². The molecule has 0 bridgehead atoms. The SMILES string of the molecule is COc1ccc(C(=O)OCC(=O)NC(=O)Nc2ccc3c(c2)OCCO3)cc1OC. The molecular formula is C20H20N2O8. The quantitative estimate of drug-likeness (QED) is 0.686. The lowest BCUT2D eigenvalue weighted by atomic mass is 10.2. The van der Waals surface area contributed by atoms with Gasteiger partial charge in [-0.25, -0.2) is 9.59 Å². The van der Waals surface area contributed by atoms with Gasteiger partial charge < -0.3 is 29.0 Å². The first kappa shape index (κ1) is 20.8. The number of carbonyl (C=O) groups is 3. The van der Waals surface area contributed by atoms with E-state index in [0.717, 1.165) is 0 Å². The minimum Gasteiger partial charge on any atom is -0.493 e. The summed E-state index contributed by atoms with van der Waals surface area (Å²) < 4.78 is 26.0. The van der Waals surface area contributed by atoms with E-state index in [0.29, 0.717) is 41.9 Å². The molecule has 1 aliphatic heterocycles. The van der Waals surface area contributed by atoms with Crippen molar-refractivity contribution in [2.24, 2.45) is 0 Å². The topological polar surface area (TPSA) is 121 Å². The minimum absolute atomic E-state index is 0.168. The van der Waals surface area contributed by atoms with Gasteiger partial charge in [-0.1, -0.05) is 0 Å². The van der Waals surface area contributed by atoms with Gasteiger partial charge in [0.05, 0.1) is 19.8 Å². The highest BCUT2D eigenvalue weighted by Gasteiger charge is 2.16. The Kier molecular flexibility index (Phi) is 6.58. The van der Waals surface area contributed by atoms with Crippen LogP contribution < -0.4 is 29.6 Å². The number of anilines is 1. The van der Waals surface area contributed by atoms with Gasteiger partial charge in [0.25, 0.3) is 5.91 Å². The third kappa shape index (κ3) is 5.10. The van der Waals surface area contributed by atoms with Crippen LogP contribution in [0.25, 0.3) is 0 Å². The predicted octanol–water partition coefficient (Wildman–Crippen LogP) is 1.98. The number of carbonyl (C=O) groups excluding carboxylic acids is 3. The summed E-state index contributed by atoms with van der Waals surface area (Å²) >= 11 is 0. The zero-order valence-electron chi connectivity index (χ0n) is 16.4. The molecule has 2 aromatic carbocycles. The fraction of sp³-hybridized carbons (Fsp3) is 0.250. The van der Waals surface area contributed by atoms with Gasteiger partial charge in [-0.2, -0.15) is 0 Å². The van der Waals surface area contributed by atoms with Crippen LogP contribution in [0.3, 0.4) is 0 Å². The minimum atomic E-state index is -0.793. The van der Waals surface area contributed by atoms with Gasteiger partial charge in [-0.15, -0.1) is 0 Å². The van der Waals surface area contributed by atoms with E-state index < -0.39 is 24.5 Å². The molecule has 0 atom stereocenters. The zero-order valence-corrected chi connectivity index (χ0v) is 16.4. The molecule has 0 saturated carbocycles. The Balaban J connectivity index is 1.49. The van der Waals surface area contributed by atoms with Crippen molar-refractivity contribution in [2.45, 2.75) is 0 Å². The number of rotatable bonds is 6. The van der Waals surface area contributed by atoms with Crippen molar-refractivity contribution < 1.29 is 38.1 Å². The number of methoxy groups -OCH3 is 2. The molecule has 0 unspecified atom stereocenters. The molecule has 3 rings (SSSR count). The van der Waals surface area contributed by atoms with E-state index >= 15 is 0 Å².